The summed E-state index contributed by atoms with van der Waals surface area (Å²) in [5.74, 6) is 0.683. The van der Waals surface area contributed by atoms with Crippen LogP contribution in [-0.2, 0) is 0 Å². The number of aromatic nitrogens is 1. The lowest BCUT2D eigenvalue weighted by Gasteiger charge is -2.21. The number of nitrogen functional groups attached to an aromatic ring is 1. The molecule has 19 heavy (non-hydrogen) atoms. The number of ether oxygens (including phenoxy) is 2. The fourth-order valence-corrected chi connectivity index (χ4v) is 2.12. The number of nitrogens with two attached hydrogens (primary N) is 1. The monoisotopic (exact) mass is 267 g/mol. The fourth-order valence-electron chi connectivity index (χ4n) is 2.12. The standard InChI is InChI=1S/C12H17N3O4/c1-18-11-9(13)4-5-10(14-11)19-7-8-3-2-6-15(8)12(16)17/h4-5,8H,2-3,6-7,13H2,1H3,(H,16,17)/t8-/m1/s1. The van der Waals surface area contributed by atoms with Crippen LogP contribution in [0.15, 0.2) is 12.1 Å². The van der Waals surface area contributed by atoms with Crippen molar-refractivity contribution >= 4 is 11.8 Å². The molecule has 1 aliphatic heterocycles. The Balaban J connectivity index is 1.97. The van der Waals surface area contributed by atoms with Gasteiger partial charge in [-0.3, -0.25) is 0 Å². The molecule has 0 saturated carbocycles. The number of methoxy groups -OCH3 is 1. The van der Waals surface area contributed by atoms with Crippen LogP contribution in [-0.4, -0.2) is 47.4 Å². The van der Waals surface area contributed by atoms with Crippen LogP contribution in [0.1, 0.15) is 12.8 Å². The lowest BCUT2D eigenvalue weighted by Crippen LogP contribution is -2.38. The van der Waals surface area contributed by atoms with Crippen LogP contribution in [0.4, 0.5) is 10.5 Å². The van der Waals surface area contributed by atoms with Gasteiger partial charge in [-0.25, -0.2) is 4.79 Å². The number of hydrogen-bond acceptors (Lipinski definition) is 5. The molecule has 0 spiro atoms. The first-order chi connectivity index (χ1) is 9.11. The molecular weight excluding hydrogens is 250 g/mol. The van der Waals surface area contributed by atoms with Crippen molar-refractivity contribution in [2.24, 2.45) is 0 Å². The first-order valence-corrected chi connectivity index (χ1v) is 6.04. The van der Waals surface area contributed by atoms with E-state index >= 15 is 0 Å². The Morgan fingerprint density at radius 1 is 1.63 bits per heavy atom. The number of hydrogen-bond donors (Lipinski definition) is 2. The van der Waals surface area contributed by atoms with Crippen molar-refractivity contribution in [3.05, 3.63) is 12.1 Å². The molecule has 2 rings (SSSR count). The normalized spacial score (nSPS) is 18.4. The van der Waals surface area contributed by atoms with E-state index in [0.29, 0.717) is 24.0 Å². The largest absolute Gasteiger partial charge is 0.479 e. The molecule has 3 N–H and O–H groups in total. The predicted octanol–water partition coefficient (Wildman–Crippen LogP) is 1.19. The van der Waals surface area contributed by atoms with Gasteiger partial charge < -0.3 is 25.2 Å². The maximum absolute atomic E-state index is 11.0. The highest BCUT2D eigenvalue weighted by atomic mass is 16.5. The van der Waals surface area contributed by atoms with E-state index in [0.717, 1.165) is 12.8 Å². The van der Waals surface area contributed by atoms with E-state index in [-0.39, 0.29) is 12.6 Å². The Morgan fingerprint density at radius 2 is 2.42 bits per heavy atom. The SMILES string of the molecule is COc1nc(OC[C@H]2CCCN2C(=O)O)ccc1N. The van der Waals surface area contributed by atoms with Crippen molar-refractivity contribution in [2.75, 3.05) is 26.0 Å². The molecule has 1 aromatic rings. The van der Waals surface area contributed by atoms with Crippen LogP contribution in [0.25, 0.3) is 0 Å². The van der Waals surface area contributed by atoms with E-state index < -0.39 is 6.09 Å². The van der Waals surface area contributed by atoms with Gasteiger partial charge in [-0.1, -0.05) is 0 Å². The topological polar surface area (TPSA) is 97.9 Å². The van der Waals surface area contributed by atoms with Crippen LogP contribution >= 0.6 is 0 Å². The Hall–Kier alpha value is -2.18. The van der Waals surface area contributed by atoms with Gasteiger partial charge in [0.15, 0.2) is 0 Å². The maximum Gasteiger partial charge on any atom is 0.407 e. The van der Waals surface area contributed by atoms with Crippen molar-refractivity contribution in [3.8, 4) is 11.8 Å². The zero-order valence-electron chi connectivity index (χ0n) is 10.7. The van der Waals surface area contributed by atoms with Crippen LogP contribution in [0, 0.1) is 0 Å². The van der Waals surface area contributed by atoms with Crippen molar-refractivity contribution in [2.45, 2.75) is 18.9 Å². The van der Waals surface area contributed by atoms with E-state index in [9.17, 15) is 4.79 Å². The Bertz CT molecular complexity index is 466. The van der Waals surface area contributed by atoms with Gasteiger partial charge in [-0.2, -0.15) is 4.98 Å². The summed E-state index contributed by atoms with van der Waals surface area (Å²) < 4.78 is 10.5. The molecule has 1 fully saturated rings. The van der Waals surface area contributed by atoms with Gasteiger partial charge in [0, 0.05) is 12.6 Å². The van der Waals surface area contributed by atoms with E-state index in [4.69, 9.17) is 20.3 Å². The molecule has 0 radical (unpaired) electrons. The molecule has 1 aromatic heterocycles. The van der Waals surface area contributed by atoms with Gasteiger partial charge >= 0.3 is 6.09 Å². The van der Waals surface area contributed by atoms with Crippen molar-refractivity contribution < 1.29 is 19.4 Å². The second-order valence-corrected chi connectivity index (χ2v) is 4.33. The Kier molecular flexibility index (Phi) is 3.94. The zero-order valence-corrected chi connectivity index (χ0v) is 10.7. The van der Waals surface area contributed by atoms with Crippen LogP contribution < -0.4 is 15.2 Å². The number of pyridine rings is 1. The minimum atomic E-state index is -0.908. The molecule has 2 heterocycles. The number of nitrogens with zero attached hydrogens (tertiary/aromatic N) is 2. The molecule has 0 aliphatic carbocycles. The maximum atomic E-state index is 11.0. The quantitative estimate of drug-likeness (QED) is 0.850. The number of carboxylic acid groups (broad SMARTS) is 1. The van der Waals surface area contributed by atoms with Crippen molar-refractivity contribution in [3.63, 3.8) is 0 Å². The molecule has 1 amide bonds. The van der Waals surface area contributed by atoms with E-state index in [1.165, 1.54) is 12.0 Å². The highest BCUT2D eigenvalue weighted by Gasteiger charge is 2.29. The molecule has 7 nitrogen and oxygen atoms in total. The van der Waals surface area contributed by atoms with Gasteiger partial charge in [-0.15, -0.1) is 0 Å². The van der Waals surface area contributed by atoms with Crippen LogP contribution in [0.5, 0.6) is 11.8 Å². The summed E-state index contributed by atoms with van der Waals surface area (Å²) in [6.07, 6.45) is 0.756. The van der Waals surface area contributed by atoms with E-state index in [2.05, 4.69) is 4.98 Å². The first kappa shape index (κ1) is 13.3. The summed E-state index contributed by atoms with van der Waals surface area (Å²) >= 11 is 0. The minimum absolute atomic E-state index is 0.122. The smallest absolute Gasteiger partial charge is 0.407 e. The van der Waals surface area contributed by atoms with Gasteiger partial charge in [-0.05, 0) is 18.9 Å². The lowest BCUT2D eigenvalue weighted by atomic mass is 10.2. The Morgan fingerprint density at radius 3 is 3.11 bits per heavy atom. The number of rotatable bonds is 4. The summed E-state index contributed by atoms with van der Waals surface area (Å²) in [4.78, 5) is 16.5. The Labute approximate surface area is 110 Å². The average molecular weight is 267 g/mol. The molecular formula is C12H17N3O4. The third-order valence-corrected chi connectivity index (χ3v) is 3.10. The number of amides is 1. The van der Waals surface area contributed by atoms with Crippen LogP contribution in [0.2, 0.25) is 0 Å². The van der Waals surface area contributed by atoms with Crippen LogP contribution in [0.3, 0.4) is 0 Å². The number of likely N-dealkylation sites (tertiary alicyclic amines) is 1. The molecule has 0 unspecified atom stereocenters. The van der Waals surface area contributed by atoms with E-state index in [1.54, 1.807) is 12.1 Å². The van der Waals surface area contributed by atoms with Crippen molar-refractivity contribution in [1.29, 1.82) is 0 Å². The summed E-state index contributed by atoms with van der Waals surface area (Å²) in [6, 6.07) is 3.16. The second kappa shape index (κ2) is 5.64. The molecule has 1 aliphatic rings. The average Bonchev–Trinajstić information content (AvgIpc) is 2.86. The lowest BCUT2D eigenvalue weighted by molar-refractivity contribution is 0.122. The predicted molar refractivity (Wildman–Crippen MR) is 68.4 cm³/mol. The highest BCUT2D eigenvalue weighted by Crippen LogP contribution is 2.23. The third-order valence-electron chi connectivity index (χ3n) is 3.10. The second-order valence-electron chi connectivity index (χ2n) is 4.33. The number of anilines is 1. The molecule has 0 aromatic carbocycles. The summed E-state index contributed by atoms with van der Waals surface area (Å²) in [6.45, 7) is 0.841. The third kappa shape index (κ3) is 2.98. The molecule has 0 bridgehead atoms. The van der Waals surface area contributed by atoms with Gasteiger partial charge in [0.1, 0.15) is 6.61 Å². The molecule has 1 atom stereocenters. The van der Waals surface area contributed by atoms with Gasteiger partial charge in [0.2, 0.25) is 11.8 Å². The first-order valence-electron chi connectivity index (χ1n) is 6.04. The van der Waals surface area contributed by atoms with Gasteiger partial charge in [0.05, 0.1) is 18.8 Å². The molecule has 104 valence electrons. The molecule has 7 heteroatoms. The molecule has 1 saturated heterocycles. The van der Waals surface area contributed by atoms with E-state index in [1.807, 2.05) is 0 Å². The zero-order chi connectivity index (χ0) is 13.8. The summed E-state index contributed by atoms with van der Waals surface area (Å²) in [7, 11) is 1.48. The van der Waals surface area contributed by atoms with Crippen molar-refractivity contribution in [1.82, 2.24) is 9.88 Å². The fraction of sp³-hybridized carbons (Fsp3) is 0.500. The highest BCUT2D eigenvalue weighted by molar-refractivity contribution is 5.65. The summed E-state index contributed by atoms with van der Waals surface area (Å²) in [5, 5.41) is 9.02. The number of carbonyl (C=O) groups is 1. The van der Waals surface area contributed by atoms with Gasteiger partial charge in [0.25, 0.3) is 0 Å². The summed E-state index contributed by atoms with van der Waals surface area (Å²) in [5.41, 5.74) is 6.08. The minimum Gasteiger partial charge on any atom is -0.479 e.